The first-order valence-corrected chi connectivity index (χ1v) is 11.6. The minimum Gasteiger partial charge on any atom is -0.480 e. The second-order valence-electron chi connectivity index (χ2n) is 8.81. The second-order valence-corrected chi connectivity index (χ2v) is 8.81. The smallest absolute Gasteiger partial charge is 0.408 e. The van der Waals surface area contributed by atoms with Crippen LogP contribution in [0.25, 0.3) is 11.1 Å². The van der Waals surface area contributed by atoms with Crippen molar-refractivity contribution in [1.82, 2.24) is 10.2 Å². The molecule has 2 aromatic rings. The Hall–Kier alpha value is -3.39. The van der Waals surface area contributed by atoms with E-state index in [4.69, 9.17) is 9.47 Å². The lowest BCUT2D eigenvalue weighted by atomic mass is 9.94. The van der Waals surface area contributed by atoms with Crippen LogP contribution < -0.4 is 5.32 Å². The fraction of sp³-hybridized carbons (Fsp3) is 0.423. The van der Waals surface area contributed by atoms with Crippen LogP contribution in [0.3, 0.4) is 0 Å². The third-order valence-corrected chi connectivity index (χ3v) is 6.89. The summed E-state index contributed by atoms with van der Waals surface area (Å²) in [5, 5.41) is 12.2. The first-order valence-electron chi connectivity index (χ1n) is 11.6. The van der Waals surface area contributed by atoms with E-state index in [1.165, 1.54) is 12.0 Å². The summed E-state index contributed by atoms with van der Waals surface area (Å²) in [6.45, 7) is 2.11. The zero-order chi connectivity index (χ0) is 24.3. The first kappa shape index (κ1) is 23.8. The van der Waals surface area contributed by atoms with E-state index < -0.39 is 29.6 Å². The molecule has 8 nitrogen and oxygen atoms in total. The van der Waals surface area contributed by atoms with Crippen molar-refractivity contribution in [3.8, 4) is 11.1 Å². The van der Waals surface area contributed by atoms with Gasteiger partial charge in [-0.2, -0.15) is 0 Å². The zero-order valence-electron chi connectivity index (χ0n) is 19.5. The van der Waals surface area contributed by atoms with Gasteiger partial charge in [-0.25, -0.2) is 9.59 Å². The molecule has 1 heterocycles. The number of rotatable bonds is 8. The van der Waals surface area contributed by atoms with Gasteiger partial charge in [-0.15, -0.1) is 0 Å². The Bertz CT molecular complexity index is 1040. The number of methoxy groups -OCH3 is 1. The summed E-state index contributed by atoms with van der Waals surface area (Å²) in [5.74, 6) is -1.62. The summed E-state index contributed by atoms with van der Waals surface area (Å²) in [7, 11) is 1.44. The van der Waals surface area contributed by atoms with Crippen molar-refractivity contribution in [2.45, 2.75) is 43.7 Å². The number of ether oxygens (including phenoxy) is 2. The number of hydrogen-bond acceptors (Lipinski definition) is 5. The van der Waals surface area contributed by atoms with Crippen molar-refractivity contribution >= 4 is 18.0 Å². The fourth-order valence-corrected chi connectivity index (χ4v) is 5.11. The van der Waals surface area contributed by atoms with E-state index in [-0.39, 0.29) is 25.6 Å². The molecule has 0 spiro atoms. The highest BCUT2D eigenvalue weighted by molar-refractivity contribution is 5.93. The van der Waals surface area contributed by atoms with Crippen molar-refractivity contribution in [1.29, 1.82) is 0 Å². The number of nitrogens with zero attached hydrogens (tertiary/aromatic N) is 1. The van der Waals surface area contributed by atoms with Crippen LogP contribution in [-0.4, -0.2) is 66.4 Å². The Kier molecular flexibility index (Phi) is 6.88. The zero-order valence-corrected chi connectivity index (χ0v) is 19.5. The third kappa shape index (κ3) is 4.25. The Morgan fingerprint density at radius 1 is 1.09 bits per heavy atom. The number of carbonyl (C=O) groups excluding carboxylic acids is 2. The van der Waals surface area contributed by atoms with E-state index in [9.17, 15) is 19.5 Å². The molecule has 4 rings (SSSR count). The van der Waals surface area contributed by atoms with Gasteiger partial charge in [0, 0.05) is 19.6 Å². The number of carboxylic acid groups (broad SMARTS) is 1. The molecule has 34 heavy (non-hydrogen) atoms. The largest absolute Gasteiger partial charge is 0.480 e. The summed E-state index contributed by atoms with van der Waals surface area (Å²) in [6.07, 6.45) is 0.478. The number of carboxylic acids is 1. The van der Waals surface area contributed by atoms with E-state index in [0.717, 1.165) is 22.3 Å². The number of benzene rings is 2. The van der Waals surface area contributed by atoms with Crippen LogP contribution in [0.1, 0.15) is 43.2 Å². The van der Waals surface area contributed by atoms with Gasteiger partial charge in [-0.3, -0.25) is 4.79 Å². The van der Waals surface area contributed by atoms with Crippen molar-refractivity contribution in [3.05, 3.63) is 59.7 Å². The van der Waals surface area contributed by atoms with Crippen LogP contribution in [-0.2, 0) is 19.1 Å². The lowest BCUT2D eigenvalue weighted by Crippen LogP contribution is -2.63. The molecule has 2 unspecified atom stereocenters. The minimum atomic E-state index is -1.41. The third-order valence-electron chi connectivity index (χ3n) is 6.89. The van der Waals surface area contributed by atoms with Crippen LogP contribution in [0.5, 0.6) is 0 Å². The average molecular weight is 467 g/mol. The highest BCUT2D eigenvalue weighted by Crippen LogP contribution is 2.44. The van der Waals surface area contributed by atoms with Gasteiger partial charge in [0.25, 0.3) is 5.91 Å². The number of nitrogens with one attached hydrogen (secondary N) is 1. The summed E-state index contributed by atoms with van der Waals surface area (Å²) < 4.78 is 10.9. The highest BCUT2D eigenvalue weighted by Gasteiger charge is 2.46. The monoisotopic (exact) mass is 466 g/mol. The molecule has 0 radical (unpaired) electrons. The van der Waals surface area contributed by atoms with Crippen LogP contribution >= 0.6 is 0 Å². The molecule has 0 bridgehead atoms. The number of alkyl carbamates (subject to hydrolysis) is 1. The molecule has 2 aliphatic rings. The fourth-order valence-electron chi connectivity index (χ4n) is 5.11. The van der Waals surface area contributed by atoms with Crippen molar-refractivity contribution in [2.75, 3.05) is 26.9 Å². The number of carbonyl (C=O) groups is 3. The molecule has 1 fully saturated rings. The molecule has 1 saturated heterocycles. The molecule has 180 valence electrons. The standard InChI is InChI=1S/C26H30N2O6/c1-3-26(16-33-2,24(31)28-14-8-13-22(28)23(29)30)27-25(32)34-15-21-19-11-6-4-9-17(19)18-10-5-7-12-20(18)21/h4-7,9-12,21-22H,3,8,13-16H2,1-2H3,(H,27,32)(H,29,30). The summed E-state index contributed by atoms with van der Waals surface area (Å²) in [6, 6.07) is 15.2. The molecule has 2 amide bonds. The van der Waals surface area contributed by atoms with Gasteiger partial charge in [0.05, 0.1) is 6.61 Å². The average Bonchev–Trinajstić information content (AvgIpc) is 3.45. The van der Waals surface area contributed by atoms with Gasteiger partial charge in [0.15, 0.2) is 0 Å². The summed E-state index contributed by atoms with van der Waals surface area (Å²) >= 11 is 0. The molecule has 1 aliphatic carbocycles. The Labute approximate surface area is 198 Å². The number of hydrogen-bond donors (Lipinski definition) is 2. The molecule has 8 heteroatoms. The normalized spacial score (nSPS) is 18.6. The maximum atomic E-state index is 13.4. The topological polar surface area (TPSA) is 105 Å². The maximum Gasteiger partial charge on any atom is 0.408 e. The van der Waals surface area contributed by atoms with Gasteiger partial charge in [0.1, 0.15) is 18.2 Å². The number of aliphatic carboxylic acids is 1. The first-order chi connectivity index (χ1) is 16.4. The van der Waals surface area contributed by atoms with Crippen LogP contribution in [0.15, 0.2) is 48.5 Å². The lowest BCUT2D eigenvalue weighted by Gasteiger charge is -2.36. The number of fused-ring (bicyclic) bond motifs is 3. The second kappa shape index (κ2) is 9.85. The molecule has 1 aliphatic heterocycles. The van der Waals surface area contributed by atoms with E-state index >= 15 is 0 Å². The molecule has 0 aromatic heterocycles. The predicted molar refractivity (Wildman–Crippen MR) is 125 cm³/mol. The highest BCUT2D eigenvalue weighted by atomic mass is 16.5. The molecule has 0 saturated carbocycles. The molecule has 2 aromatic carbocycles. The van der Waals surface area contributed by atoms with Gasteiger partial charge in [-0.1, -0.05) is 55.5 Å². The van der Waals surface area contributed by atoms with Crippen LogP contribution in [0, 0.1) is 0 Å². The maximum absolute atomic E-state index is 13.4. The Morgan fingerprint density at radius 3 is 2.26 bits per heavy atom. The van der Waals surface area contributed by atoms with Gasteiger partial charge < -0.3 is 24.8 Å². The molecular weight excluding hydrogens is 436 g/mol. The number of likely N-dealkylation sites (tertiary alicyclic amines) is 1. The quantitative estimate of drug-likeness (QED) is 0.618. The molecular formula is C26H30N2O6. The van der Waals surface area contributed by atoms with Gasteiger partial charge in [-0.05, 0) is 41.5 Å². The van der Waals surface area contributed by atoms with Gasteiger partial charge >= 0.3 is 12.1 Å². The van der Waals surface area contributed by atoms with Crippen molar-refractivity contribution in [2.24, 2.45) is 0 Å². The van der Waals surface area contributed by atoms with E-state index in [1.807, 2.05) is 36.4 Å². The number of amides is 2. The lowest BCUT2D eigenvalue weighted by molar-refractivity contribution is -0.152. The molecule has 2 N–H and O–H groups in total. The van der Waals surface area contributed by atoms with Crippen LogP contribution in [0.2, 0.25) is 0 Å². The Balaban J connectivity index is 1.50. The van der Waals surface area contributed by atoms with E-state index in [2.05, 4.69) is 17.4 Å². The SMILES string of the molecule is CCC(COC)(NC(=O)OCC1c2ccccc2-c2ccccc21)C(=O)N1CCCC1C(=O)O. The van der Waals surface area contributed by atoms with E-state index in [1.54, 1.807) is 6.92 Å². The van der Waals surface area contributed by atoms with E-state index in [0.29, 0.717) is 19.4 Å². The summed E-state index contributed by atoms with van der Waals surface area (Å²) in [4.78, 5) is 39.3. The van der Waals surface area contributed by atoms with Crippen molar-refractivity contribution in [3.63, 3.8) is 0 Å². The van der Waals surface area contributed by atoms with Gasteiger partial charge in [0.2, 0.25) is 0 Å². The minimum absolute atomic E-state index is 0.0879. The van der Waals surface area contributed by atoms with Crippen molar-refractivity contribution < 1.29 is 29.0 Å². The molecule has 2 atom stereocenters. The Morgan fingerprint density at radius 2 is 1.71 bits per heavy atom. The summed E-state index contributed by atoms with van der Waals surface area (Å²) in [5.41, 5.74) is 3.02. The van der Waals surface area contributed by atoms with Crippen LogP contribution in [0.4, 0.5) is 4.79 Å². The predicted octanol–water partition coefficient (Wildman–Crippen LogP) is 3.40.